The number of carbonyl (C=O) groups excluding carboxylic acids is 1. The minimum atomic E-state index is -2.07. The average molecular weight is 366 g/mol. The Morgan fingerprint density at radius 3 is 2.12 bits per heavy atom. The van der Waals surface area contributed by atoms with Crippen LogP contribution in [-0.4, -0.2) is 42.1 Å². The van der Waals surface area contributed by atoms with Crippen molar-refractivity contribution in [2.45, 2.75) is 33.0 Å². The van der Waals surface area contributed by atoms with Gasteiger partial charge in [0.25, 0.3) is 0 Å². The molecule has 0 aliphatic carbocycles. The van der Waals surface area contributed by atoms with Crippen LogP contribution >= 0.6 is 69.6 Å². The van der Waals surface area contributed by atoms with Gasteiger partial charge in [-0.1, -0.05) is 69.6 Å². The highest BCUT2D eigenvalue weighted by atomic mass is 35.6. The third kappa shape index (κ3) is 3.57. The molecule has 1 aliphatic rings. The number of aliphatic hydroxyl groups excluding tert-OH is 1. The molecule has 3 atom stereocenters. The Morgan fingerprint density at radius 1 is 1.29 bits per heavy atom. The summed E-state index contributed by atoms with van der Waals surface area (Å²) in [6, 6.07) is -0.902. The number of alkyl halides is 6. The van der Waals surface area contributed by atoms with Gasteiger partial charge in [-0.25, -0.2) is 4.90 Å². The molecule has 1 heterocycles. The fourth-order valence-corrected chi connectivity index (χ4v) is 2.15. The quantitative estimate of drug-likeness (QED) is 0.573. The van der Waals surface area contributed by atoms with E-state index in [4.69, 9.17) is 74.3 Å². The van der Waals surface area contributed by atoms with Crippen molar-refractivity contribution < 1.29 is 14.6 Å². The summed E-state index contributed by atoms with van der Waals surface area (Å²) in [7, 11) is 0. The summed E-state index contributed by atoms with van der Waals surface area (Å²) < 4.78 is 0.774. The van der Waals surface area contributed by atoms with E-state index in [1.54, 1.807) is 0 Å². The first-order valence-corrected chi connectivity index (χ1v) is 6.52. The van der Waals surface area contributed by atoms with Crippen molar-refractivity contribution in [1.29, 1.82) is 0 Å². The molecule has 100 valence electrons. The third-order valence-corrected chi connectivity index (χ3v) is 3.29. The summed E-state index contributed by atoms with van der Waals surface area (Å²) in [6.07, 6.45) is -2.99. The Morgan fingerprint density at radius 2 is 1.76 bits per heavy atom. The van der Waals surface area contributed by atoms with Crippen molar-refractivity contribution in [3.05, 3.63) is 0 Å². The molecule has 0 aromatic heterocycles. The summed E-state index contributed by atoms with van der Waals surface area (Å²) in [4.78, 5) is 12.4. The molecule has 1 fully saturated rings. The monoisotopic (exact) mass is 363 g/mol. The maximum absolute atomic E-state index is 11.4. The Kier molecular flexibility index (Phi) is 5.00. The van der Waals surface area contributed by atoms with Crippen LogP contribution in [0.15, 0.2) is 0 Å². The molecule has 0 spiro atoms. The van der Waals surface area contributed by atoms with Crippen LogP contribution in [0.25, 0.3) is 0 Å². The van der Waals surface area contributed by atoms with Gasteiger partial charge in [0.05, 0.1) is 0 Å². The van der Waals surface area contributed by atoms with Gasteiger partial charge in [-0.3, -0.25) is 4.79 Å². The lowest BCUT2D eigenvalue weighted by Gasteiger charge is -2.35. The summed E-state index contributed by atoms with van der Waals surface area (Å²) >= 11 is 33.5. The van der Waals surface area contributed by atoms with Gasteiger partial charge in [-0.2, -0.15) is 0 Å². The van der Waals surface area contributed by atoms with E-state index < -0.39 is 32.1 Å². The predicted molar refractivity (Wildman–Crippen MR) is 67.8 cm³/mol. The molecule has 0 amide bonds. The summed E-state index contributed by atoms with van der Waals surface area (Å²) in [6.45, 7) is 1.43. The Bertz CT molecular complexity index is 314. The van der Waals surface area contributed by atoms with Crippen molar-refractivity contribution in [3.8, 4) is 0 Å². The molecular formula is C7H7Cl6NO3. The number of halogens is 6. The second-order valence-corrected chi connectivity index (χ2v) is 8.11. The van der Waals surface area contributed by atoms with Crippen molar-refractivity contribution in [2.24, 2.45) is 0 Å². The van der Waals surface area contributed by atoms with Crippen LogP contribution in [0.2, 0.25) is 0 Å². The fourth-order valence-electron chi connectivity index (χ4n) is 1.34. The summed E-state index contributed by atoms with van der Waals surface area (Å²) in [5, 5.41) is 9.83. The van der Waals surface area contributed by atoms with Crippen LogP contribution in [0.5, 0.6) is 0 Å². The number of aliphatic hydroxyl groups is 1. The molecule has 1 N–H and O–H groups in total. The van der Waals surface area contributed by atoms with E-state index in [9.17, 15) is 9.90 Å². The van der Waals surface area contributed by atoms with Crippen molar-refractivity contribution in [3.63, 3.8) is 0 Å². The number of hydrogen-bond acceptors (Lipinski definition) is 4. The molecule has 10 heteroatoms. The van der Waals surface area contributed by atoms with Gasteiger partial charge in [0.2, 0.25) is 13.8 Å². The lowest BCUT2D eigenvalue weighted by atomic mass is 10.3. The topological polar surface area (TPSA) is 49.8 Å². The van der Waals surface area contributed by atoms with Gasteiger partial charge in [-0.05, 0) is 6.92 Å². The minimum Gasteiger partial charge on any atom is -0.440 e. The van der Waals surface area contributed by atoms with Crippen LogP contribution in [0.3, 0.4) is 0 Å². The van der Waals surface area contributed by atoms with E-state index in [1.165, 1.54) is 6.92 Å². The highest BCUT2D eigenvalue weighted by Gasteiger charge is 2.55. The number of cyclic esters (lactones) is 1. The van der Waals surface area contributed by atoms with Gasteiger partial charge in [0, 0.05) is 0 Å². The number of esters is 1. The number of ether oxygens (including phenoxy) is 1. The molecule has 1 aliphatic heterocycles. The van der Waals surface area contributed by atoms with Gasteiger partial charge in [0.1, 0.15) is 6.04 Å². The highest BCUT2D eigenvalue weighted by Crippen LogP contribution is 2.43. The first kappa shape index (κ1) is 16.2. The zero-order valence-corrected chi connectivity index (χ0v) is 12.7. The van der Waals surface area contributed by atoms with Crippen LogP contribution in [-0.2, 0) is 9.53 Å². The molecule has 0 aromatic carbocycles. The largest absolute Gasteiger partial charge is 0.440 e. The van der Waals surface area contributed by atoms with Crippen LogP contribution in [0.1, 0.15) is 6.92 Å². The van der Waals surface area contributed by atoms with E-state index in [-0.39, 0.29) is 0 Å². The molecule has 1 saturated heterocycles. The highest BCUT2D eigenvalue weighted by molar-refractivity contribution is 6.68. The zero-order chi connectivity index (χ0) is 13.6. The van der Waals surface area contributed by atoms with Crippen LogP contribution < -0.4 is 0 Å². The fraction of sp³-hybridized carbons (Fsp3) is 0.857. The third-order valence-electron chi connectivity index (χ3n) is 2.14. The molecule has 0 bridgehead atoms. The Labute approximate surface area is 128 Å². The van der Waals surface area contributed by atoms with Crippen LogP contribution in [0, 0.1) is 0 Å². The van der Waals surface area contributed by atoms with Gasteiger partial charge >= 0.3 is 5.97 Å². The maximum atomic E-state index is 11.4. The number of hydrogen-bond donors (Lipinski definition) is 1. The van der Waals surface area contributed by atoms with E-state index in [0.29, 0.717) is 0 Å². The standard InChI is InChI=1S/C7H7Cl6NO3/c1-2-3(15)17-5(7(11,12)13)14(2)4(16)6(8,9)10/h2,4-5,16H,1H3/t2-,4+,5-/m0/s1. The van der Waals surface area contributed by atoms with E-state index in [1.807, 2.05) is 0 Å². The average Bonchev–Trinajstić information content (AvgIpc) is 2.40. The minimum absolute atomic E-state index is 0.686. The first-order chi connectivity index (χ1) is 7.46. The van der Waals surface area contributed by atoms with Crippen LogP contribution in [0.4, 0.5) is 0 Å². The van der Waals surface area contributed by atoms with Crippen molar-refractivity contribution >= 4 is 75.6 Å². The first-order valence-electron chi connectivity index (χ1n) is 4.25. The maximum Gasteiger partial charge on any atom is 0.325 e. The van der Waals surface area contributed by atoms with Gasteiger partial charge < -0.3 is 9.84 Å². The normalized spacial score (nSPS) is 29.3. The van der Waals surface area contributed by atoms with Gasteiger partial charge in [-0.15, -0.1) is 0 Å². The second kappa shape index (κ2) is 5.25. The van der Waals surface area contributed by atoms with Crippen molar-refractivity contribution in [2.75, 3.05) is 0 Å². The number of nitrogens with zero attached hydrogens (tertiary/aromatic N) is 1. The number of carbonyl (C=O) groups is 1. The molecule has 0 radical (unpaired) electrons. The Balaban J connectivity index is 3.04. The molecule has 0 saturated carbocycles. The summed E-state index contributed by atoms with van der Waals surface area (Å²) in [5.41, 5.74) is 0. The molecule has 0 unspecified atom stereocenters. The zero-order valence-electron chi connectivity index (χ0n) is 8.21. The lowest BCUT2D eigenvalue weighted by molar-refractivity contribution is -0.142. The predicted octanol–water partition coefficient (Wildman–Crippen LogP) is 2.62. The Hall–Kier alpha value is 1.13. The molecule has 1 rings (SSSR count). The molecular weight excluding hydrogens is 359 g/mol. The molecule has 17 heavy (non-hydrogen) atoms. The van der Waals surface area contributed by atoms with E-state index in [0.717, 1.165) is 4.90 Å². The van der Waals surface area contributed by atoms with E-state index in [2.05, 4.69) is 0 Å². The lowest BCUT2D eigenvalue weighted by Crippen LogP contribution is -2.54. The molecule has 0 aromatic rings. The molecule has 4 nitrogen and oxygen atoms in total. The van der Waals surface area contributed by atoms with Crippen molar-refractivity contribution in [1.82, 2.24) is 4.90 Å². The second-order valence-electron chi connectivity index (χ2n) is 3.37. The SMILES string of the molecule is C[C@H]1C(=O)O[C@@H](C(Cl)(Cl)Cl)N1[C@H](O)C(Cl)(Cl)Cl. The van der Waals surface area contributed by atoms with Gasteiger partial charge in [0.15, 0.2) is 6.23 Å². The summed E-state index contributed by atoms with van der Waals surface area (Å²) in [5.74, 6) is -0.686. The van der Waals surface area contributed by atoms with E-state index >= 15 is 0 Å². The smallest absolute Gasteiger partial charge is 0.325 e. The number of rotatable bonds is 1.